The molecule has 1 aromatic carbocycles. The van der Waals surface area contributed by atoms with Gasteiger partial charge in [0.1, 0.15) is 0 Å². The van der Waals surface area contributed by atoms with E-state index in [1.807, 2.05) is 12.1 Å². The van der Waals surface area contributed by atoms with Gasteiger partial charge in [-0.1, -0.05) is 6.07 Å². The number of carbonyl (C=O) groups is 1. The third-order valence-electron chi connectivity index (χ3n) is 6.38. The average molecular weight is 444 g/mol. The Morgan fingerprint density at radius 3 is 2.55 bits per heavy atom. The number of rotatable bonds is 5. The number of sulfonamides is 1. The number of pyridine rings is 1. The van der Waals surface area contributed by atoms with Crippen LogP contribution < -0.4 is 9.64 Å². The summed E-state index contributed by atoms with van der Waals surface area (Å²) >= 11 is 0. The van der Waals surface area contributed by atoms with Crippen LogP contribution in [0.25, 0.3) is 0 Å². The van der Waals surface area contributed by atoms with Gasteiger partial charge < -0.3 is 4.74 Å². The van der Waals surface area contributed by atoms with Gasteiger partial charge in [-0.05, 0) is 73.9 Å². The van der Waals surface area contributed by atoms with E-state index < -0.39 is 10.0 Å². The van der Waals surface area contributed by atoms with Crippen LogP contribution in [0, 0.1) is 5.92 Å². The van der Waals surface area contributed by atoms with Crippen molar-refractivity contribution < 1.29 is 17.9 Å². The second-order valence-corrected chi connectivity index (χ2v) is 10.2. The van der Waals surface area contributed by atoms with E-state index in [9.17, 15) is 13.2 Å². The lowest BCUT2D eigenvalue weighted by Gasteiger charge is -2.32. The number of nitrogens with zero attached hydrogens (tertiary/aromatic N) is 3. The molecular weight excluding hydrogens is 414 g/mol. The highest BCUT2D eigenvalue weighted by Gasteiger charge is 2.34. The highest BCUT2D eigenvalue weighted by atomic mass is 32.2. The molecule has 0 bridgehead atoms. The molecule has 1 saturated heterocycles. The molecule has 1 aromatic heterocycles. The molecule has 166 valence electrons. The lowest BCUT2D eigenvalue weighted by molar-refractivity contribution is -0.123. The fraction of sp³-hybridized carbons (Fsp3) is 0.478. The van der Waals surface area contributed by atoms with E-state index in [2.05, 4.69) is 4.98 Å². The molecule has 0 radical (unpaired) electrons. The predicted molar refractivity (Wildman–Crippen MR) is 119 cm³/mol. The number of aromatic nitrogens is 1. The second kappa shape index (κ2) is 8.96. The third-order valence-corrected chi connectivity index (χ3v) is 8.27. The Labute approximate surface area is 184 Å². The predicted octanol–water partition coefficient (Wildman–Crippen LogP) is 3.03. The number of fused-ring (bicyclic) bond motifs is 1. The van der Waals surface area contributed by atoms with Gasteiger partial charge in [0.25, 0.3) is 0 Å². The molecule has 0 atom stereocenters. The zero-order valence-corrected chi connectivity index (χ0v) is 18.9. The maximum atomic E-state index is 13.2. The molecule has 0 spiro atoms. The summed E-state index contributed by atoms with van der Waals surface area (Å²) in [6, 6.07) is 9.07. The molecule has 1 aliphatic heterocycles. The Balaban J connectivity index is 1.44. The van der Waals surface area contributed by atoms with Crippen molar-refractivity contribution in [3.05, 3.63) is 47.7 Å². The van der Waals surface area contributed by atoms with Gasteiger partial charge in [-0.2, -0.15) is 4.31 Å². The fourth-order valence-corrected chi connectivity index (χ4v) is 6.05. The van der Waals surface area contributed by atoms with Crippen LogP contribution in [0.3, 0.4) is 0 Å². The summed E-state index contributed by atoms with van der Waals surface area (Å²) in [5.41, 5.74) is 2.42. The minimum absolute atomic E-state index is 0.0668. The largest absolute Gasteiger partial charge is 0.493 e. The van der Waals surface area contributed by atoms with Crippen molar-refractivity contribution in [2.75, 3.05) is 32.1 Å². The number of aryl methyl sites for hydroxylation is 2. The molecule has 4 rings (SSSR count). The fourth-order valence-electron chi connectivity index (χ4n) is 4.53. The van der Waals surface area contributed by atoms with E-state index in [-0.39, 0.29) is 11.8 Å². The Morgan fingerprint density at radius 2 is 1.84 bits per heavy atom. The minimum atomic E-state index is -3.55. The van der Waals surface area contributed by atoms with E-state index in [1.165, 1.54) is 21.2 Å². The Morgan fingerprint density at radius 1 is 1.13 bits per heavy atom. The molecule has 0 saturated carbocycles. The van der Waals surface area contributed by atoms with Crippen LogP contribution in [0.2, 0.25) is 0 Å². The minimum Gasteiger partial charge on any atom is -0.493 e. The van der Waals surface area contributed by atoms with Crippen molar-refractivity contribution in [1.82, 2.24) is 9.29 Å². The standard InChI is InChI=1S/C23H29N3O4S/c1-25(22-21(30-2)8-5-13-24-22)23(27)18-11-14-26(15-12-18)31(28,29)20-10-9-17-6-3-4-7-19(17)16-20/h5,8-10,13,16,18H,3-4,6-7,11-12,14-15H2,1-2H3. The molecule has 0 N–H and O–H groups in total. The first kappa shape index (κ1) is 21.8. The molecule has 31 heavy (non-hydrogen) atoms. The molecule has 0 unspecified atom stereocenters. The van der Waals surface area contributed by atoms with Gasteiger partial charge in [0, 0.05) is 32.3 Å². The zero-order chi connectivity index (χ0) is 22.0. The van der Waals surface area contributed by atoms with E-state index >= 15 is 0 Å². The zero-order valence-electron chi connectivity index (χ0n) is 18.1. The smallest absolute Gasteiger partial charge is 0.243 e. The van der Waals surface area contributed by atoms with Crippen LogP contribution in [0.5, 0.6) is 5.75 Å². The number of piperidine rings is 1. The highest BCUT2D eigenvalue weighted by molar-refractivity contribution is 7.89. The molecule has 7 nitrogen and oxygen atoms in total. The average Bonchev–Trinajstić information content (AvgIpc) is 2.82. The lowest BCUT2D eigenvalue weighted by atomic mass is 9.92. The van der Waals surface area contributed by atoms with Crippen LogP contribution in [0.1, 0.15) is 36.8 Å². The number of anilines is 1. The summed E-state index contributed by atoms with van der Waals surface area (Å²) in [5.74, 6) is 0.694. The van der Waals surface area contributed by atoms with Crippen molar-refractivity contribution in [3.8, 4) is 5.75 Å². The molecule has 8 heteroatoms. The summed E-state index contributed by atoms with van der Waals surface area (Å²) in [4.78, 5) is 19.2. The lowest BCUT2D eigenvalue weighted by Crippen LogP contribution is -2.43. The number of ether oxygens (including phenoxy) is 1. The topological polar surface area (TPSA) is 79.8 Å². The quantitative estimate of drug-likeness (QED) is 0.710. The molecule has 2 heterocycles. The van der Waals surface area contributed by atoms with E-state index in [1.54, 1.807) is 38.6 Å². The summed E-state index contributed by atoms with van der Waals surface area (Å²) < 4.78 is 33.2. The maximum Gasteiger partial charge on any atom is 0.243 e. The van der Waals surface area contributed by atoms with Gasteiger partial charge in [0.2, 0.25) is 15.9 Å². The monoisotopic (exact) mass is 443 g/mol. The first-order valence-electron chi connectivity index (χ1n) is 10.8. The van der Waals surface area contributed by atoms with Crippen LogP contribution in [-0.2, 0) is 27.7 Å². The van der Waals surface area contributed by atoms with Crippen LogP contribution in [0.15, 0.2) is 41.4 Å². The number of methoxy groups -OCH3 is 1. The van der Waals surface area contributed by atoms with Crippen molar-refractivity contribution in [2.45, 2.75) is 43.4 Å². The summed E-state index contributed by atoms with van der Waals surface area (Å²) in [5, 5.41) is 0. The summed E-state index contributed by atoms with van der Waals surface area (Å²) in [6.45, 7) is 0.673. The molecule has 1 amide bonds. The normalized spacial score (nSPS) is 17.7. The van der Waals surface area contributed by atoms with Gasteiger partial charge in [0.05, 0.1) is 12.0 Å². The van der Waals surface area contributed by atoms with Gasteiger partial charge in [-0.3, -0.25) is 9.69 Å². The van der Waals surface area contributed by atoms with Crippen molar-refractivity contribution in [3.63, 3.8) is 0 Å². The number of benzene rings is 1. The molecule has 1 fully saturated rings. The SMILES string of the molecule is COc1cccnc1N(C)C(=O)C1CCN(S(=O)(=O)c2ccc3c(c2)CCCC3)CC1. The molecular formula is C23H29N3O4S. The summed E-state index contributed by atoms with van der Waals surface area (Å²) in [7, 11) is -0.323. The van der Waals surface area contributed by atoms with Crippen LogP contribution in [0.4, 0.5) is 5.82 Å². The van der Waals surface area contributed by atoms with Crippen molar-refractivity contribution >= 4 is 21.7 Å². The molecule has 2 aliphatic rings. The Kier molecular flexibility index (Phi) is 6.29. The van der Waals surface area contributed by atoms with E-state index in [4.69, 9.17) is 4.74 Å². The van der Waals surface area contributed by atoms with Gasteiger partial charge >= 0.3 is 0 Å². The molecule has 2 aromatic rings. The van der Waals surface area contributed by atoms with Gasteiger partial charge in [-0.15, -0.1) is 0 Å². The first-order chi connectivity index (χ1) is 14.9. The van der Waals surface area contributed by atoms with Crippen LogP contribution in [-0.4, -0.2) is 50.9 Å². The van der Waals surface area contributed by atoms with Crippen molar-refractivity contribution in [1.29, 1.82) is 0 Å². The Hall–Kier alpha value is -2.45. The highest BCUT2D eigenvalue weighted by Crippen LogP contribution is 2.30. The number of amides is 1. The summed E-state index contributed by atoms with van der Waals surface area (Å²) in [6.07, 6.45) is 6.84. The van der Waals surface area contributed by atoms with Gasteiger partial charge in [0.15, 0.2) is 11.6 Å². The number of carbonyl (C=O) groups excluding carboxylic acids is 1. The molecule has 1 aliphatic carbocycles. The van der Waals surface area contributed by atoms with Crippen LogP contribution >= 0.6 is 0 Å². The van der Waals surface area contributed by atoms with E-state index in [0.717, 1.165) is 24.8 Å². The number of hydrogen-bond acceptors (Lipinski definition) is 5. The van der Waals surface area contributed by atoms with E-state index in [0.29, 0.717) is 42.4 Å². The second-order valence-electron chi connectivity index (χ2n) is 8.24. The Bertz CT molecular complexity index is 1060. The first-order valence-corrected chi connectivity index (χ1v) is 12.2. The number of hydrogen-bond donors (Lipinski definition) is 0. The van der Waals surface area contributed by atoms with Crippen molar-refractivity contribution in [2.24, 2.45) is 5.92 Å². The maximum absolute atomic E-state index is 13.2. The third kappa shape index (κ3) is 4.32. The van der Waals surface area contributed by atoms with Gasteiger partial charge in [-0.25, -0.2) is 13.4 Å².